The number of unbranched alkanes of at least 4 members (excludes halogenated alkanes) is 48. The maximum absolute atomic E-state index is 12.5. The Hall–Kier alpha value is -1.40. The first kappa shape index (κ1) is 69.6. The summed E-state index contributed by atoms with van der Waals surface area (Å²) in [4.78, 5) is 24.5. The highest BCUT2D eigenvalue weighted by Crippen LogP contribution is 2.19. The van der Waals surface area contributed by atoms with Gasteiger partial charge in [0, 0.05) is 12.8 Å². The Bertz CT molecular complexity index is 1060. The van der Waals surface area contributed by atoms with Crippen molar-refractivity contribution in [2.24, 2.45) is 0 Å². The molecule has 0 aliphatic rings. The highest BCUT2D eigenvalue weighted by molar-refractivity contribution is 5.76. The molecule has 0 aromatic rings. The molecule has 6 heteroatoms. The summed E-state index contributed by atoms with van der Waals surface area (Å²) in [5.74, 6) is -0.0215. The number of carbonyl (C=O) groups excluding carboxylic acids is 2. The van der Waals surface area contributed by atoms with E-state index >= 15 is 0 Å². The molecule has 0 radical (unpaired) electrons. The molecule has 0 aromatic carbocycles. The molecule has 0 saturated carbocycles. The molecule has 2 unspecified atom stereocenters. The number of aliphatic hydroxyl groups is 2. The van der Waals surface area contributed by atoms with Crippen LogP contribution in [0.3, 0.4) is 0 Å². The van der Waals surface area contributed by atoms with E-state index in [9.17, 15) is 19.8 Å². The van der Waals surface area contributed by atoms with Crippen molar-refractivity contribution in [1.29, 1.82) is 0 Å². The minimum Gasteiger partial charge on any atom is -0.466 e. The van der Waals surface area contributed by atoms with Gasteiger partial charge in [-0.3, -0.25) is 9.59 Å². The summed E-state index contributed by atoms with van der Waals surface area (Å²) in [6.45, 7) is 4.94. The molecular weight excluding hydrogens is 875 g/mol. The van der Waals surface area contributed by atoms with E-state index in [4.69, 9.17) is 4.74 Å². The Morgan fingerprint density at radius 1 is 0.380 bits per heavy atom. The van der Waals surface area contributed by atoms with Gasteiger partial charge < -0.3 is 20.3 Å². The number of allylic oxidation sites excluding steroid dienone is 2. The van der Waals surface area contributed by atoms with Crippen molar-refractivity contribution in [3.8, 4) is 0 Å². The monoisotopic (exact) mass is 1000 g/mol. The van der Waals surface area contributed by atoms with Crippen molar-refractivity contribution in [2.75, 3.05) is 13.2 Å². The first-order valence-corrected chi connectivity index (χ1v) is 32.4. The van der Waals surface area contributed by atoms with Crippen LogP contribution in [0.15, 0.2) is 12.2 Å². The lowest BCUT2D eigenvalue weighted by atomic mass is 10.0. The molecule has 0 fully saturated rings. The van der Waals surface area contributed by atoms with Crippen LogP contribution in [0.1, 0.15) is 367 Å². The zero-order valence-corrected chi connectivity index (χ0v) is 48.2. The van der Waals surface area contributed by atoms with Crippen LogP contribution in [0.25, 0.3) is 0 Å². The molecule has 0 aromatic heterocycles. The molecule has 0 spiro atoms. The van der Waals surface area contributed by atoms with Gasteiger partial charge in [0.25, 0.3) is 0 Å². The lowest BCUT2D eigenvalue weighted by Gasteiger charge is -2.22. The van der Waals surface area contributed by atoms with E-state index < -0.39 is 12.1 Å². The van der Waals surface area contributed by atoms with Crippen molar-refractivity contribution in [1.82, 2.24) is 5.32 Å². The molecule has 6 nitrogen and oxygen atoms in total. The largest absolute Gasteiger partial charge is 0.466 e. The van der Waals surface area contributed by atoms with Crippen LogP contribution < -0.4 is 5.32 Å². The van der Waals surface area contributed by atoms with Gasteiger partial charge in [-0.25, -0.2) is 0 Å². The number of carbonyl (C=O) groups is 2. The highest BCUT2D eigenvalue weighted by atomic mass is 16.5. The molecule has 0 bridgehead atoms. The summed E-state index contributed by atoms with van der Waals surface area (Å²) in [7, 11) is 0. The molecule has 0 rings (SSSR count). The molecule has 71 heavy (non-hydrogen) atoms. The Labute approximate surface area is 444 Å². The third kappa shape index (κ3) is 57.7. The fourth-order valence-corrected chi connectivity index (χ4v) is 10.3. The van der Waals surface area contributed by atoms with Gasteiger partial charge in [0.05, 0.1) is 25.4 Å². The lowest BCUT2D eigenvalue weighted by Crippen LogP contribution is -2.45. The van der Waals surface area contributed by atoms with Crippen LogP contribution >= 0.6 is 0 Å². The Kier molecular flexibility index (Phi) is 59.9. The fourth-order valence-electron chi connectivity index (χ4n) is 10.3. The molecule has 0 aliphatic carbocycles. The SMILES string of the molecule is CCCC/C=C\CCCCCCCC(=O)OCCCCCCCCCCCCCCCCCCCCCCCCCCCCCC(=O)NC(CO)C(O)CCCCCCCCCCCCCCCCCC. The van der Waals surface area contributed by atoms with Crippen molar-refractivity contribution in [3.05, 3.63) is 12.2 Å². The van der Waals surface area contributed by atoms with Crippen molar-refractivity contribution in [3.63, 3.8) is 0 Å². The Morgan fingerprint density at radius 3 is 1.04 bits per heavy atom. The number of rotatable bonds is 61. The summed E-state index contributed by atoms with van der Waals surface area (Å²) >= 11 is 0. The van der Waals surface area contributed by atoms with Crippen LogP contribution in [0.5, 0.6) is 0 Å². The van der Waals surface area contributed by atoms with Gasteiger partial charge in [-0.15, -0.1) is 0 Å². The molecular formula is C65H127NO5. The Balaban J connectivity index is 3.34. The van der Waals surface area contributed by atoms with E-state index in [1.54, 1.807) is 0 Å². The summed E-state index contributed by atoms with van der Waals surface area (Å²) in [5, 5.41) is 23.3. The van der Waals surface area contributed by atoms with Gasteiger partial charge in [-0.1, -0.05) is 321 Å². The van der Waals surface area contributed by atoms with Crippen molar-refractivity contribution >= 4 is 11.9 Å². The Morgan fingerprint density at radius 2 is 0.676 bits per heavy atom. The highest BCUT2D eigenvalue weighted by Gasteiger charge is 2.20. The van der Waals surface area contributed by atoms with Crippen LogP contribution in [0.4, 0.5) is 0 Å². The number of ether oxygens (including phenoxy) is 1. The maximum atomic E-state index is 12.5. The normalized spacial score (nSPS) is 12.6. The van der Waals surface area contributed by atoms with Gasteiger partial charge in [-0.05, 0) is 44.9 Å². The molecule has 2 atom stereocenters. The average molecular weight is 1000 g/mol. The summed E-state index contributed by atoms with van der Waals surface area (Å²) < 4.78 is 5.46. The van der Waals surface area contributed by atoms with Gasteiger partial charge in [0.15, 0.2) is 0 Å². The number of hydrogen-bond acceptors (Lipinski definition) is 5. The predicted molar refractivity (Wildman–Crippen MR) is 310 cm³/mol. The van der Waals surface area contributed by atoms with E-state index in [1.807, 2.05) is 0 Å². The number of amides is 1. The number of esters is 1. The molecule has 1 amide bonds. The van der Waals surface area contributed by atoms with E-state index in [0.29, 0.717) is 25.9 Å². The third-order valence-electron chi connectivity index (χ3n) is 15.3. The lowest BCUT2D eigenvalue weighted by molar-refractivity contribution is -0.143. The zero-order chi connectivity index (χ0) is 51.4. The second-order valence-electron chi connectivity index (χ2n) is 22.5. The summed E-state index contributed by atoms with van der Waals surface area (Å²) in [6.07, 6.45) is 73.8. The molecule has 0 saturated heterocycles. The van der Waals surface area contributed by atoms with Gasteiger partial charge in [0.1, 0.15) is 0 Å². The summed E-state index contributed by atoms with van der Waals surface area (Å²) in [6, 6.07) is -0.538. The maximum Gasteiger partial charge on any atom is 0.305 e. The van der Waals surface area contributed by atoms with E-state index in [1.165, 1.54) is 289 Å². The molecule has 422 valence electrons. The topological polar surface area (TPSA) is 95.9 Å². The fraction of sp³-hybridized carbons (Fsp3) is 0.938. The molecule has 3 N–H and O–H groups in total. The van der Waals surface area contributed by atoms with Crippen LogP contribution in [0, 0.1) is 0 Å². The third-order valence-corrected chi connectivity index (χ3v) is 15.3. The quantitative estimate of drug-likeness (QED) is 0.0320. The minimum absolute atomic E-state index is 0.00756. The zero-order valence-electron chi connectivity index (χ0n) is 48.2. The first-order chi connectivity index (χ1) is 35.0. The summed E-state index contributed by atoms with van der Waals surface area (Å²) in [5.41, 5.74) is 0. The van der Waals surface area contributed by atoms with Crippen molar-refractivity contribution in [2.45, 2.75) is 379 Å². The number of nitrogens with one attached hydrogen (secondary N) is 1. The van der Waals surface area contributed by atoms with Gasteiger partial charge in [-0.2, -0.15) is 0 Å². The standard InChI is InChI=1S/C65H127NO5/c1-3-5-7-9-11-13-15-16-17-31-34-38-41-45-49-53-57-63(68)62(61-67)66-64(69)58-54-50-46-42-39-35-32-29-27-25-23-21-19-18-20-22-24-26-28-30-33-36-40-44-48-52-56-60-71-65(70)59-55-51-47-43-37-14-12-10-8-6-4-2/h10,12,62-63,67-68H,3-9,11,13-61H2,1-2H3,(H,66,69)/b12-10-. The second kappa shape index (κ2) is 61.1. The second-order valence-corrected chi connectivity index (χ2v) is 22.5. The molecule has 0 aliphatic heterocycles. The number of hydrogen-bond donors (Lipinski definition) is 3. The van der Waals surface area contributed by atoms with E-state index in [-0.39, 0.29) is 18.5 Å². The van der Waals surface area contributed by atoms with Gasteiger partial charge in [0.2, 0.25) is 5.91 Å². The first-order valence-electron chi connectivity index (χ1n) is 32.4. The van der Waals surface area contributed by atoms with E-state index in [0.717, 1.165) is 44.9 Å². The van der Waals surface area contributed by atoms with Crippen molar-refractivity contribution < 1.29 is 24.5 Å². The van der Waals surface area contributed by atoms with Gasteiger partial charge >= 0.3 is 5.97 Å². The smallest absolute Gasteiger partial charge is 0.305 e. The van der Waals surface area contributed by atoms with Crippen LogP contribution in [-0.4, -0.2) is 47.4 Å². The number of aliphatic hydroxyl groups excluding tert-OH is 2. The van der Waals surface area contributed by atoms with Crippen LogP contribution in [-0.2, 0) is 14.3 Å². The minimum atomic E-state index is -0.661. The predicted octanol–water partition coefficient (Wildman–Crippen LogP) is 20.4. The van der Waals surface area contributed by atoms with E-state index in [2.05, 4.69) is 31.3 Å². The molecule has 0 heterocycles. The average Bonchev–Trinajstić information content (AvgIpc) is 3.37. The van der Waals surface area contributed by atoms with Crippen LogP contribution in [0.2, 0.25) is 0 Å².